The van der Waals surface area contributed by atoms with Gasteiger partial charge >= 0.3 is 0 Å². The zero-order valence-corrected chi connectivity index (χ0v) is 14.7. The average molecular weight is 400 g/mol. The molecule has 0 saturated heterocycles. The molecule has 0 N–H and O–H groups in total. The van der Waals surface area contributed by atoms with Crippen LogP contribution in [0.2, 0.25) is 0 Å². The highest BCUT2D eigenvalue weighted by Gasteiger charge is 2.15. The maximum atomic E-state index is 12.2. The molecule has 0 spiro atoms. The van der Waals surface area contributed by atoms with E-state index in [0.29, 0.717) is 12.8 Å². The van der Waals surface area contributed by atoms with E-state index in [2.05, 4.69) is 43.9 Å². The van der Waals surface area contributed by atoms with Crippen molar-refractivity contribution in [3.63, 3.8) is 0 Å². The number of hydrogen-bond acceptors (Lipinski definition) is 2. The molecule has 106 valence electrons. The second-order valence-corrected chi connectivity index (χ2v) is 6.41. The number of rotatable bonds is 5. The van der Waals surface area contributed by atoms with Crippen molar-refractivity contribution >= 4 is 37.6 Å². The van der Waals surface area contributed by atoms with Gasteiger partial charge in [-0.2, -0.15) is 5.10 Å². The van der Waals surface area contributed by atoms with Gasteiger partial charge in [-0.05, 0) is 40.0 Å². The van der Waals surface area contributed by atoms with Crippen LogP contribution in [0.3, 0.4) is 0 Å². The summed E-state index contributed by atoms with van der Waals surface area (Å²) in [7, 11) is 1.88. The van der Waals surface area contributed by atoms with Gasteiger partial charge in [0.15, 0.2) is 0 Å². The van der Waals surface area contributed by atoms with Gasteiger partial charge in [0.2, 0.25) is 0 Å². The molecule has 1 aromatic carbocycles. The standard InChI is InChI=1S/C15H16Br2N2O/c1-3-13-15(17)14(19(2)18-13)9-12(20)8-10-4-6-11(16)7-5-10/h4-7H,3,8-9H2,1-2H3. The largest absolute Gasteiger partial charge is 0.299 e. The summed E-state index contributed by atoms with van der Waals surface area (Å²) in [5, 5.41) is 4.41. The Labute approximate surface area is 135 Å². The van der Waals surface area contributed by atoms with E-state index in [1.807, 2.05) is 31.3 Å². The molecular weight excluding hydrogens is 384 g/mol. The number of benzene rings is 1. The molecule has 5 heteroatoms. The van der Waals surface area contributed by atoms with Crippen LogP contribution in [0.15, 0.2) is 33.2 Å². The summed E-state index contributed by atoms with van der Waals surface area (Å²) in [5.74, 6) is 0.193. The first-order valence-electron chi connectivity index (χ1n) is 6.47. The minimum atomic E-state index is 0.193. The molecule has 0 aliphatic carbocycles. The Morgan fingerprint density at radius 2 is 1.85 bits per heavy atom. The maximum absolute atomic E-state index is 12.2. The molecule has 0 unspecified atom stereocenters. The third kappa shape index (κ3) is 3.58. The van der Waals surface area contributed by atoms with Gasteiger partial charge in [0.1, 0.15) is 5.78 Å². The first-order chi connectivity index (χ1) is 9.51. The quantitative estimate of drug-likeness (QED) is 0.764. The number of ketones is 1. The Morgan fingerprint density at radius 3 is 2.40 bits per heavy atom. The summed E-state index contributed by atoms with van der Waals surface area (Å²) in [5.41, 5.74) is 2.98. The molecule has 3 nitrogen and oxygen atoms in total. The van der Waals surface area contributed by atoms with Crippen molar-refractivity contribution in [1.82, 2.24) is 9.78 Å². The monoisotopic (exact) mass is 398 g/mol. The van der Waals surface area contributed by atoms with Gasteiger partial charge < -0.3 is 0 Å². The van der Waals surface area contributed by atoms with Crippen LogP contribution in [0, 0.1) is 0 Å². The number of halogens is 2. The third-order valence-corrected chi connectivity index (χ3v) is 4.63. The van der Waals surface area contributed by atoms with Crippen LogP contribution in [-0.2, 0) is 31.1 Å². The van der Waals surface area contributed by atoms with Crippen LogP contribution in [-0.4, -0.2) is 15.6 Å². The average Bonchev–Trinajstić information content (AvgIpc) is 2.69. The van der Waals surface area contributed by atoms with Crippen LogP contribution in [0.1, 0.15) is 23.9 Å². The van der Waals surface area contributed by atoms with E-state index in [1.54, 1.807) is 4.68 Å². The number of carbonyl (C=O) groups is 1. The van der Waals surface area contributed by atoms with Crippen LogP contribution < -0.4 is 0 Å². The molecule has 0 aliphatic heterocycles. The molecular formula is C15H16Br2N2O. The molecule has 0 aliphatic rings. The lowest BCUT2D eigenvalue weighted by molar-refractivity contribution is -0.117. The smallest absolute Gasteiger partial charge is 0.143 e. The Morgan fingerprint density at radius 1 is 1.20 bits per heavy atom. The first-order valence-corrected chi connectivity index (χ1v) is 8.06. The van der Waals surface area contributed by atoms with Gasteiger partial charge in [0.25, 0.3) is 0 Å². The minimum absolute atomic E-state index is 0.193. The highest BCUT2D eigenvalue weighted by atomic mass is 79.9. The van der Waals surface area contributed by atoms with Crippen LogP contribution in [0.4, 0.5) is 0 Å². The molecule has 20 heavy (non-hydrogen) atoms. The summed E-state index contributed by atoms with van der Waals surface area (Å²) < 4.78 is 3.78. The zero-order valence-electron chi connectivity index (χ0n) is 11.5. The van der Waals surface area contributed by atoms with E-state index in [4.69, 9.17) is 0 Å². The topological polar surface area (TPSA) is 34.9 Å². The number of carbonyl (C=O) groups excluding carboxylic acids is 1. The molecule has 0 amide bonds. The van der Waals surface area contributed by atoms with Crippen molar-refractivity contribution in [2.75, 3.05) is 0 Å². The molecule has 2 aromatic rings. The lowest BCUT2D eigenvalue weighted by Crippen LogP contribution is -2.10. The molecule has 0 saturated carbocycles. The lowest BCUT2D eigenvalue weighted by atomic mass is 10.1. The summed E-state index contributed by atoms with van der Waals surface area (Å²) in [6.07, 6.45) is 1.71. The van der Waals surface area contributed by atoms with Gasteiger partial charge in [0, 0.05) is 24.4 Å². The fourth-order valence-corrected chi connectivity index (χ4v) is 3.11. The molecule has 1 heterocycles. The number of nitrogens with zero attached hydrogens (tertiary/aromatic N) is 2. The summed E-state index contributed by atoms with van der Waals surface area (Å²) >= 11 is 6.94. The van der Waals surface area contributed by atoms with Crippen molar-refractivity contribution in [2.45, 2.75) is 26.2 Å². The van der Waals surface area contributed by atoms with Crippen molar-refractivity contribution in [1.29, 1.82) is 0 Å². The normalized spacial score (nSPS) is 10.8. The number of Topliss-reactive ketones (excluding diaryl/α,β-unsaturated/α-hetero) is 1. The second kappa shape index (κ2) is 6.68. The van der Waals surface area contributed by atoms with E-state index in [1.165, 1.54) is 0 Å². The van der Waals surface area contributed by atoms with Gasteiger partial charge in [-0.25, -0.2) is 0 Å². The lowest BCUT2D eigenvalue weighted by Gasteiger charge is -2.03. The molecule has 1 aromatic heterocycles. The van der Waals surface area contributed by atoms with Crippen molar-refractivity contribution in [3.05, 3.63) is 50.2 Å². The van der Waals surface area contributed by atoms with Crippen molar-refractivity contribution in [3.8, 4) is 0 Å². The molecule has 0 fully saturated rings. The molecule has 0 radical (unpaired) electrons. The van der Waals surface area contributed by atoms with E-state index in [9.17, 15) is 4.79 Å². The predicted molar refractivity (Wildman–Crippen MR) is 86.8 cm³/mol. The fourth-order valence-electron chi connectivity index (χ4n) is 2.09. The van der Waals surface area contributed by atoms with Gasteiger partial charge in [-0.1, -0.05) is 35.0 Å². The summed E-state index contributed by atoms with van der Waals surface area (Å²) in [6.45, 7) is 2.06. The van der Waals surface area contributed by atoms with Crippen molar-refractivity contribution in [2.24, 2.45) is 7.05 Å². The van der Waals surface area contributed by atoms with Crippen LogP contribution >= 0.6 is 31.9 Å². The Balaban J connectivity index is 2.08. The highest BCUT2D eigenvalue weighted by Crippen LogP contribution is 2.22. The number of aryl methyl sites for hydroxylation is 2. The molecule has 2 rings (SSSR count). The molecule has 0 atom stereocenters. The first kappa shape index (κ1) is 15.4. The second-order valence-electron chi connectivity index (χ2n) is 4.70. The Hall–Kier alpha value is -0.940. The Bertz CT molecular complexity index is 618. The number of aromatic nitrogens is 2. The van der Waals surface area contributed by atoms with Gasteiger partial charge in [-0.15, -0.1) is 0 Å². The summed E-state index contributed by atoms with van der Waals surface area (Å²) in [6, 6.07) is 7.85. The zero-order chi connectivity index (χ0) is 14.7. The SMILES string of the molecule is CCc1nn(C)c(CC(=O)Cc2ccc(Br)cc2)c1Br. The van der Waals surface area contributed by atoms with E-state index >= 15 is 0 Å². The predicted octanol–water partition coefficient (Wildman–Crippen LogP) is 3.86. The Kier molecular flexibility index (Phi) is 5.16. The molecule has 0 bridgehead atoms. The fraction of sp³-hybridized carbons (Fsp3) is 0.333. The van der Waals surface area contributed by atoms with Crippen LogP contribution in [0.5, 0.6) is 0 Å². The van der Waals surface area contributed by atoms with Crippen molar-refractivity contribution < 1.29 is 4.79 Å². The van der Waals surface area contributed by atoms with Gasteiger partial charge in [0.05, 0.1) is 15.9 Å². The van der Waals surface area contributed by atoms with Gasteiger partial charge in [-0.3, -0.25) is 9.48 Å². The maximum Gasteiger partial charge on any atom is 0.143 e. The highest BCUT2D eigenvalue weighted by molar-refractivity contribution is 9.10. The van der Waals surface area contributed by atoms with E-state index in [0.717, 1.165) is 32.3 Å². The van der Waals surface area contributed by atoms with E-state index in [-0.39, 0.29) is 5.78 Å². The third-order valence-electron chi connectivity index (χ3n) is 3.18. The summed E-state index contributed by atoms with van der Waals surface area (Å²) in [4.78, 5) is 12.2. The van der Waals surface area contributed by atoms with E-state index < -0.39 is 0 Å². The number of hydrogen-bond donors (Lipinski definition) is 0. The van der Waals surface area contributed by atoms with Crippen LogP contribution in [0.25, 0.3) is 0 Å². The minimum Gasteiger partial charge on any atom is -0.299 e.